The molecule has 0 saturated carbocycles. The summed E-state index contributed by atoms with van der Waals surface area (Å²) in [5.41, 5.74) is 20.7. The van der Waals surface area contributed by atoms with Crippen molar-refractivity contribution in [1.29, 1.82) is 0 Å². The van der Waals surface area contributed by atoms with Crippen LogP contribution in [0.3, 0.4) is 0 Å². The van der Waals surface area contributed by atoms with E-state index >= 15 is 0 Å². The van der Waals surface area contributed by atoms with Gasteiger partial charge in [0, 0.05) is 54.7 Å². The molecule has 0 saturated heterocycles. The van der Waals surface area contributed by atoms with E-state index in [9.17, 15) is 0 Å². The van der Waals surface area contributed by atoms with Gasteiger partial charge < -0.3 is 14.7 Å². The second kappa shape index (κ2) is 16.8. The number of thiophene rings is 1. The highest BCUT2D eigenvalue weighted by Crippen LogP contribution is 2.54. The van der Waals surface area contributed by atoms with Crippen molar-refractivity contribution in [3.05, 3.63) is 173 Å². The zero-order valence-corrected chi connectivity index (χ0v) is 48.4. The fraction of sp³-hybridized carbons (Fsp3) is 0.343. The molecule has 0 fully saturated rings. The Morgan fingerprint density at radius 3 is 1.53 bits per heavy atom. The number of hydrogen-bond donors (Lipinski definition) is 0. The normalized spacial score (nSPS) is 16.0. The molecule has 73 heavy (non-hydrogen) atoms. The predicted octanol–water partition coefficient (Wildman–Crippen LogP) is 17.2. The van der Waals surface area contributed by atoms with Crippen LogP contribution in [0.1, 0.15) is 131 Å². The summed E-state index contributed by atoms with van der Waals surface area (Å²) in [7, 11) is -1.57. The number of benzene rings is 7. The fourth-order valence-corrected chi connectivity index (χ4v) is 14.5. The molecule has 372 valence electrons. The van der Waals surface area contributed by atoms with Gasteiger partial charge in [0.15, 0.2) is 0 Å². The van der Waals surface area contributed by atoms with Crippen LogP contribution in [0, 0.1) is 0 Å². The maximum atomic E-state index is 2.68. The highest BCUT2D eigenvalue weighted by Gasteiger charge is 2.47. The monoisotopic (exact) mass is 994 g/mol. The van der Waals surface area contributed by atoms with Gasteiger partial charge in [-0.15, -0.1) is 11.3 Å². The van der Waals surface area contributed by atoms with E-state index in [1.807, 2.05) is 11.3 Å². The van der Waals surface area contributed by atoms with E-state index in [2.05, 4.69) is 270 Å². The van der Waals surface area contributed by atoms with Crippen molar-refractivity contribution in [2.75, 3.05) is 14.7 Å². The van der Waals surface area contributed by atoms with Crippen molar-refractivity contribution in [3.8, 4) is 0 Å². The van der Waals surface area contributed by atoms with Gasteiger partial charge in [0.1, 0.15) is 0 Å². The Hall–Kier alpha value is -5.82. The number of hydrogen-bond acceptors (Lipinski definition) is 4. The highest BCUT2D eigenvalue weighted by atomic mass is 32.1. The first-order valence-corrected chi connectivity index (χ1v) is 31.2. The summed E-state index contributed by atoms with van der Waals surface area (Å²) in [6, 6.07) is 57.3. The summed E-state index contributed by atoms with van der Waals surface area (Å²) < 4.78 is 2.80. The largest absolute Gasteiger partial charge is 0.311 e. The van der Waals surface area contributed by atoms with Crippen LogP contribution < -0.4 is 35.6 Å². The van der Waals surface area contributed by atoms with Gasteiger partial charge >= 0.3 is 0 Å². The Morgan fingerprint density at radius 2 is 1.00 bits per heavy atom. The fourth-order valence-electron chi connectivity index (χ4n) is 12.0. The number of rotatable bonds is 6. The Balaban J connectivity index is 1.29. The molecule has 3 aliphatic rings. The minimum Gasteiger partial charge on any atom is -0.311 e. The molecule has 2 aliphatic heterocycles. The lowest BCUT2D eigenvalue weighted by atomic mass is 9.36. The van der Waals surface area contributed by atoms with Gasteiger partial charge in [-0.05, 0) is 158 Å². The van der Waals surface area contributed by atoms with Gasteiger partial charge in [0.2, 0.25) is 0 Å². The first kappa shape index (κ1) is 49.4. The van der Waals surface area contributed by atoms with E-state index in [1.165, 1.54) is 106 Å². The van der Waals surface area contributed by atoms with E-state index in [1.54, 1.807) is 0 Å². The Labute approximate surface area is 443 Å². The zero-order chi connectivity index (χ0) is 51.9. The molecule has 0 bridgehead atoms. The molecule has 8 aromatic rings. The van der Waals surface area contributed by atoms with E-state index in [0.29, 0.717) is 0 Å². The van der Waals surface area contributed by atoms with Crippen LogP contribution in [-0.4, -0.2) is 14.8 Å². The minimum atomic E-state index is -1.57. The van der Waals surface area contributed by atoms with Gasteiger partial charge in [-0.25, -0.2) is 0 Å². The molecule has 0 amide bonds. The standard InChI is InChI=1S/C67H76BN3SSi/c1-63(2,3)43-22-27-48(28-23-43)70-56-35-26-45(65(7,8)9)38-55(56)68-60-57(70)39-50(69(46-20-18-17-19-21-46)47-31-33-51(34-32-47)73(14,15)16)40-58(60)71(49-29-24-44(25-30-49)64(4,5)6)61-52-41-53-54(42-59(52)72-62(61)68)67(12,13)37-36-66(53,10)11/h17-35,38-42H,36-37H2,1-16H3. The van der Waals surface area contributed by atoms with E-state index in [4.69, 9.17) is 0 Å². The first-order chi connectivity index (χ1) is 34.2. The maximum Gasteiger partial charge on any atom is 0.264 e. The highest BCUT2D eigenvalue weighted by molar-refractivity contribution is 7.33. The smallest absolute Gasteiger partial charge is 0.264 e. The van der Waals surface area contributed by atoms with Gasteiger partial charge in [0.25, 0.3) is 6.71 Å². The Kier molecular flexibility index (Phi) is 11.4. The van der Waals surface area contributed by atoms with E-state index < -0.39 is 8.07 Å². The summed E-state index contributed by atoms with van der Waals surface area (Å²) >= 11 is 2.04. The quantitative estimate of drug-likeness (QED) is 0.154. The van der Waals surface area contributed by atoms with Crippen molar-refractivity contribution in [2.45, 2.75) is 150 Å². The number of para-hydroxylation sites is 1. The maximum absolute atomic E-state index is 2.68. The molecule has 1 aliphatic carbocycles. The first-order valence-electron chi connectivity index (χ1n) is 26.9. The van der Waals surface area contributed by atoms with Gasteiger partial charge in [-0.2, -0.15) is 0 Å². The van der Waals surface area contributed by atoms with Crippen molar-refractivity contribution in [3.63, 3.8) is 0 Å². The summed E-state index contributed by atoms with van der Waals surface area (Å²) in [4.78, 5) is 7.79. The lowest BCUT2D eigenvalue weighted by Gasteiger charge is -2.44. The summed E-state index contributed by atoms with van der Waals surface area (Å²) in [5.74, 6) is 0. The molecule has 1 aromatic heterocycles. The summed E-state index contributed by atoms with van der Waals surface area (Å²) in [6.07, 6.45) is 2.36. The van der Waals surface area contributed by atoms with E-state index in [0.717, 1.165) is 17.1 Å². The second-order valence-corrected chi connectivity index (χ2v) is 33.2. The SMILES string of the molecule is CC(C)(C)c1ccc(N2c3ccc(C(C)(C)C)cc3B3c4sc5cc6c(cc5c4N(c4ccc(C(C)(C)C)cc4)c4cc(N(c5ccccc5)c5ccc([Si](C)(C)C)cc5)cc2c43)C(C)(C)CCC6(C)C)cc1. The van der Waals surface area contributed by atoms with Crippen LogP contribution in [0.15, 0.2) is 146 Å². The minimum absolute atomic E-state index is 0.00167. The third kappa shape index (κ3) is 8.40. The van der Waals surface area contributed by atoms with Gasteiger partial charge in [0.05, 0.1) is 19.4 Å². The molecule has 0 N–H and O–H groups in total. The summed E-state index contributed by atoms with van der Waals surface area (Å²) in [6.45, 7) is 38.2. The molecule has 11 rings (SSSR count). The molecule has 6 heteroatoms. The Morgan fingerprint density at radius 1 is 0.507 bits per heavy atom. The molecule has 3 heterocycles. The van der Waals surface area contributed by atoms with Crippen LogP contribution in [-0.2, 0) is 27.1 Å². The molecular weight excluding hydrogens is 918 g/mol. The van der Waals surface area contributed by atoms with Crippen molar-refractivity contribution in [2.24, 2.45) is 0 Å². The second-order valence-electron chi connectivity index (χ2n) is 27.1. The van der Waals surface area contributed by atoms with Crippen LogP contribution >= 0.6 is 11.3 Å². The third-order valence-corrected chi connectivity index (χ3v) is 20.0. The van der Waals surface area contributed by atoms with E-state index in [-0.39, 0.29) is 33.8 Å². The Bertz CT molecular complexity index is 3430. The topological polar surface area (TPSA) is 9.72 Å². The van der Waals surface area contributed by atoms with Crippen LogP contribution in [0.25, 0.3) is 10.1 Å². The molecule has 0 unspecified atom stereocenters. The molecule has 0 spiro atoms. The molecule has 0 atom stereocenters. The predicted molar refractivity (Wildman–Crippen MR) is 325 cm³/mol. The lowest BCUT2D eigenvalue weighted by molar-refractivity contribution is 0.332. The zero-order valence-electron chi connectivity index (χ0n) is 46.6. The summed E-state index contributed by atoms with van der Waals surface area (Å²) in [5, 5.41) is 2.82. The average molecular weight is 994 g/mol. The number of anilines is 9. The van der Waals surface area contributed by atoms with Crippen molar-refractivity contribution < 1.29 is 0 Å². The number of nitrogens with zero attached hydrogens (tertiary/aromatic N) is 3. The van der Waals surface area contributed by atoms with Gasteiger partial charge in [-0.1, -0.05) is 182 Å². The van der Waals surface area contributed by atoms with Crippen LogP contribution in [0.5, 0.6) is 0 Å². The molecule has 7 aromatic carbocycles. The van der Waals surface area contributed by atoms with Crippen molar-refractivity contribution >= 4 is 108 Å². The molecule has 0 radical (unpaired) electrons. The van der Waals surface area contributed by atoms with Crippen LogP contribution in [0.2, 0.25) is 19.6 Å². The van der Waals surface area contributed by atoms with Gasteiger partial charge in [-0.3, -0.25) is 0 Å². The molecule has 3 nitrogen and oxygen atoms in total. The average Bonchev–Trinajstić information content (AvgIpc) is 3.70. The third-order valence-electron chi connectivity index (χ3n) is 16.7. The number of fused-ring (bicyclic) bond motifs is 7. The van der Waals surface area contributed by atoms with Crippen molar-refractivity contribution in [1.82, 2.24) is 0 Å². The molecular formula is C67H76BN3SSi. The van der Waals surface area contributed by atoms with Crippen LogP contribution in [0.4, 0.5) is 51.2 Å². The lowest BCUT2D eigenvalue weighted by Crippen LogP contribution is -2.60.